The summed E-state index contributed by atoms with van der Waals surface area (Å²) in [5.41, 5.74) is 0.859. The molecule has 2 saturated heterocycles. The standard InChI is InChI=1S/C36H50FN7O5/c1-6-44-29(15-16-38-44)34(46)41-32(30(22-7-8-22)23-9-10-23)35(47)39-28-14-11-24(17-27(28)37)20(2)31(40-33(45)21(3)49-5)36(48)43-18-25-12-13-26(19-43)42(25)4/h11,14-17,20-23,25-26,30-32H,6-10,12-13,18-19H2,1-5H3,(H,39,47)(H,40,45)(H,41,46)/t20-,21-,25-,26+,31+,32-/m0/s1. The van der Waals surface area contributed by atoms with Crippen LogP contribution in [0.5, 0.6) is 0 Å². The van der Waals surface area contributed by atoms with Gasteiger partial charge in [0.1, 0.15) is 29.7 Å². The van der Waals surface area contributed by atoms with Crippen LogP contribution in [0.3, 0.4) is 0 Å². The van der Waals surface area contributed by atoms with Crippen molar-refractivity contribution in [1.82, 2.24) is 30.2 Å². The van der Waals surface area contributed by atoms with Gasteiger partial charge in [0.25, 0.3) is 5.91 Å². The first-order valence-electron chi connectivity index (χ1n) is 17.8. The van der Waals surface area contributed by atoms with Crippen molar-refractivity contribution in [2.75, 3.05) is 32.6 Å². The van der Waals surface area contributed by atoms with Crippen molar-refractivity contribution in [3.63, 3.8) is 0 Å². The Morgan fingerprint density at radius 1 is 0.939 bits per heavy atom. The first-order chi connectivity index (χ1) is 23.5. The van der Waals surface area contributed by atoms with Crippen LogP contribution in [-0.4, -0.2) is 101 Å². The molecule has 4 fully saturated rings. The van der Waals surface area contributed by atoms with E-state index in [1.165, 1.54) is 19.2 Å². The number of carbonyl (C=O) groups excluding carboxylic acids is 4. The topological polar surface area (TPSA) is 138 Å². The zero-order chi connectivity index (χ0) is 35.0. The predicted molar refractivity (Wildman–Crippen MR) is 181 cm³/mol. The molecule has 266 valence electrons. The molecule has 2 saturated carbocycles. The fourth-order valence-electron chi connectivity index (χ4n) is 7.81. The maximum atomic E-state index is 15.9. The number of nitrogens with one attached hydrogen (secondary N) is 3. The zero-order valence-electron chi connectivity index (χ0n) is 29.2. The van der Waals surface area contributed by atoms with Crippen molar-refractivity contribution in [2.45, 2.75) is 102 Å². The Morgan fingerprint density at radius 2 is 1.59 bits per heavy atom. The van der Waals surface area contributed by atoms with Crippen molar-refractivity contribution < 1.29 is 28.3 Å². The molecule has 0 radical (unpaired) electrons. The Balaban J connectivity index is 1.20. The van der Waals surface area contributed by atoms with Crippen molar-refractivity contribution in [2.24, 2.45) is 17.8 Å². The number of likely N-dealkylation sites (N-methyl/N-ethyl adjacent to an activating group) is 1. The van der Waals surface area contributed by atoms with Crippen LogP contribution in [0.1, 0.15) is 81.3 Å². The van der Waals surface area contributed by atoms with Gasteiger partial charge < -0.3 is 25.6 Å². The van der Waals surface area contributed by atoms with E-state index >= 15 is 4.39 Å². The molecule has 3 N–H and O–H groups in total. The van der Waals surface area contributed by atoms with Gasteiger partial charge in [0.15, 0.2) is 0 Å². The minimum Gasteiger partial charge on any atom is -0.372 e. The van der Waals surface area contributed by atoms with E-state index in [4.69, 9.17) is 4.74 Å². The number of ether oxygens (including phenoxy) is 1. The second kappa shape index (κ2) is 14.6. The summed E-state index contributed by atoms with van der Waals surface area (Å²) in [6.45, 7) is 6.95. The Bertz CT molecular complexity index is 1530. The summed E-state index contributed by atoms with van der Waals surface area (Å²) in [5, 5.41) is 12.8. The second-order valence-electron chi connectivity index (χ2n) is 14.4. The highest BCUT2D eigenvalue weighted by Gasteiger charge is 2.49. The molecule has 2 aliphatic heterocycles. The lowest BCUT2D eigenvalue weighted by Crippen LogP contribution is -2.59. The highest BCUT2D eigenvalue weighted by molar-refractivity contribution is 6.01. The minimum absolute atomic E-state index is 0.0142. The molecule has 12 nitrogen and oxygen atoms in total. The molecule has 6 atom stereocenters. The molecule has 2 aromatic rings. The summed E-state index contributed by atoms with van der Waals surface area (Å²) in [5.74, 6) is -2.07. The number of anilines is 1. The van der Waals surface area contributed by atoms with E-state index in [0.717, 1.165) is 38.5 Å². The van der Waals surface area contributed by atoms with Crippen molar-refractivity contribution in [1.29, 1.82) is 0 Å². The van der Waals surface area contributed by atoms with Crippen LogP contribution in [0.15, 0.2) is 30.5 Å². The highest BCUT2D eigenvalue weighted by atomic mass is 19.1. The number of aryl methyl sites for hydroxylation is 1. The molecule has 4 amide bonds. The van der Waals surface area contributed by atoms with Crippen molar-refractivity contribution >= 4 is 29.3 Å². The number of methoxy groups -OCH3 is 1. The third-order valence-corrected chi connectivity index (χ3v) is 11.3. The first kappa shape index (κ1) is 35.0. The number of fused-ring (bicyclic) bond motifs is 2. The molecule has 13 heteroatoms. The molecule has 4 aliphatic rings. The van der Waals surface area contributed by atoms with Crippen LogP contribution in [0, 0.1) is 23.6 Å². The molecule has 0 unspecified atom stereocenters. The van der Waals surface area contributed by atoms with Gasteiger partial charge in [-0.25, -0.2) is 4.39 Å². The number of rotatable bonds is 14. The number of likely N-dealkylation sites (tertiary alicyclic amines) is 1. The summed E-state index contributed by atoms with van der Waals surface area (Å²) < 4.78 is 22.6. The highest BCUT2D eigenvalue weighted by Crippen LogP contribution is 2.51. The molecule has 1 aromatic heterocycles. The average molecular weight is 680 g/mol. The fraction of sp³-hybridized carbons (Fsp3) is 0.639. The van der Waals surface area contributed by atoms with Crippen LogP contribution in [0.25, 0.3) is 0 Å². The molecule has 3 heterocycles. The monoisotopic (exact) mass is 679 g/mol. The fourth-order valence-corrected chi connectivity index (χ4v) is 7.81. The van der Waals surface area contributed by atoms with Gasteiger partial charge in [0.05, 0.1) is 5.69 Å². The van der Waals surface area contributed by atoms with Crippen LogP contribution >= 0.6 is 0 Å². The number of aromatic nitrogens is 2. The van der Waals surface area contributed by atoms with Gasteiger partial charge in [-0.2, -0.15) is 5.10 Å². The SMILES string of the molecule is CCn1nccc1C(=O)N[C@H](C(=O)Nc1ccc([C@H](C)[C@@H](NC(=O)[C@H](C)OC)C(=O)N2C[C@H]3CC[C@@H](C2)N3C)cc1F)C(C1CC1)C1CC1. The Labute approximate surface area is 287 Å². The summed E-state index contributed by atoms with van der Waals surface area (Å²) in [6, 6.07) is 4.88. The molecule has 2 aliphatic carbocycles. The average Bonchev–Trinajstić information content (AvgIpc) is 4.04. The first-order valence-corrected chi connectivity index (χ1v) is 17.8. The number of nitrogens with zero attached hydrogens (tertiary/aromatic N) is 4. The Hall–Kier alpha value is -3.84. The quantitative estimate of drug-likeness (QED) is 0.279. The van der Waals surface area contributed by atoms with Crippen LogP contribution in [-0.2, 0) is 25.7 Å². The number of hydrogen-bond acceptors (Lipinski definition) is 7. The number of benzene rings is 1. The van der Waals surface area contributed by atoms with Gasteiger partial charge in [0, 0.05) is 50.9 Å². The van der Waals surface area contributed by atoms with Crippen LogP contribution in [0.4, 0.5) is 10.1 Å². The number of carbonyl (C=O) groups is 4. The maximum Gasteiger partial charge on any atom is 0.270 e. The van der Waals surface area contributed by atoms with E-state index in [-0.39, 0.29) is 35.5 Å². The number of amides is 4. The smallest absolute Gasteiger partial charge is 0.270 e. The lowest BCUT2D eigenvalue weighted by molar-refractivity contribution is -0.141. The second-order valence-corrected chi connectivity index (χ2v) is 14.4. The summed E-state index contributed by atoms with van der Waals surface area (Å²) in [4.78, 5) is 58.4. The molecular weight excluding hydrogens is 629 g/mol. The molecule has 6 rings (SSSR count). The lowest BCUT2D eigenvalue weighted by atomic mass is 9.88. The van der Waals surface area contributed by atoms with Gasteiger partial charge in [0.2, 0.25) is 17.7 Å². The summed E-state index contributed by atoms with van der Waals surface area (Å²) in [7, 11) is 3.52. The van der Waals surface area contributed by atoms with Crippen LogP contribution in [0.2, 0.25) is 0 Å². The molecular formula is C36H50FN7O5. The molecule has 0 spiro atoms. The number of hydrogen-bond donors (Lipinski definition) is 3. The predicted octanol–water partition coefficient (Wildman–Crippen LogP) is 3.14. The Morgan fingerprint density at radius 3 is 2.16 bits per heavy atom. The van der Waals surface area contributed by atoms with E-state index in [1.54, 1.807) is 36.9 Å². The largest absolute Gasteiger partial charge is 0.372 e. The summed E-state index contributed by atoms with van der Waals surface area (Å²) >= 11 is 0. The van der Waals surface area contributed by atoms with E-state index in [2.05, 4.69) is 33.0 Å². The number of piperazine rings is 1. The van der Waals surface area contributed by atoms with Crippen molar-refractivity contribution in [3.05, 3.63) is 47.5 Å². The van der Waals surface area contributed by atoms with Gasteiger partial charge in [-0.15, -0.1) is 0 Å². The molecule has 49 heavy (non-hydrogen) atoms. The zero-order valence-corrected chi connectivity index (χ0v) is 29.2. The third-order valence-electron chi connectivity index (χ3n) is 11.3. The van der Waals surface area contributed by atoms with Gasteiger partial charge >= 0.3 is 0 Å². The lowest BCUT2D eigenvalue weighted by Gasteiger charge is -2.41. The maximum absolute atomic E-state index is 15.9. The summed E-state index contributed by atoms with van der Waals surface area (Å²) in [6.07, 6.45) is 6.84. The van der Waals surface area contributed by atoms with E-state index < -0.39 is 41.7 Å². The Kier molecular flexibility index (Phi) is 10.4. The van der Waals surface area contributed by atoms with Crippen molar-refractivity contribution in [3.8, 4) is 0 Å². The van der Waals surface area contributed by atoms with Gasteiger partial charge in [-0.05, 0) is 101 Å². The van der Waals surface area contributed by atoms with Gasteiger partial charge in [-0.3, -0.25) is 28.8 Å². The third kappa shape index (κ3) is 7.52. The normalized spacial score (nSPS) is 23.1. The van der Waals surface area contributed by atoms with E-state index in [1.807, 2.05) is 11.8 Å². The molecule has 1 aromatic carbocycles. The van der Waals surface area contributed by atoms with Gasteiger partial charge in [-0.1, -0.05) is 13.0 Å². The van der Waals surface area contributed by atoms with E-state index in [9.17, 15) is 19.2 Å². The molecule has 2 bridgehead atoms. The minimum atomic E-state index is -0.943. The number of halogens is 1. The van der Waals surface area contributed by atoms with Crippen LogP contribution < -0.4 is 16.0 Å². The van der Waals surface area contributed by atoms with E-state index in [0.29, 0.717) is 42.7 Å².